The molecule has 5 N–H and O–H groups in total. The number of carbonyl (C=O) groups is 1. The molecule has 0 bridgehead atoms. The van der Waals surface area contributed by atoms with Crippen LogP contribution in [0.5, 0.6) is 0 Å². The third-order valence-corrected chi connectivity index (χ3v) is 6.20. The number of nitrogens with zero attached hydrogens (tertiary/aromatic N) is 4. The molecule has 2 aliphatic heterocycles. The Morgan fingerprint density at radius 1 is 1.10 bits per heavy atom. The van der Waals surface area contributed by atoms with Crippen LogP contribution in [0.2, 0.25) is 0 Å². The summed E-state index contributed by atoms with van der Waals surface area (Å²) in [4.78, 5) is 33.0. The van der Waals surface area contributed by atoms with E-state index in [2.05, 4.69) is 15.2 Å². The zero-order valence-electron chi connectivity index (χ0n) is 17.7. The first-order chi connectivity index (χ1) is 15.0. The highest BCUT2D eigenvalue weighted by atomic mass is 16.2. The van der Waals surface area contributed by atoms with E-state index in [1.165, 1.54) is 10.1 Å². The van der Waals surface area contributed by atoms with Crippen molar-refractivity contribution in [1.82, 2.24) is 19.4 Å². The van der Waals surface area contributed by atoms with E-state index in [4.69, 9.17) is 11.5 Å². The first-order valence-electron chi connectivity index (χ1n) is 10.9. The average molecular weight is 426 g/mol. The van der Waals surface area contributed by atoms with Gasteiger partial charge in [0.05, 0.1) is 5.69 Å². The Morgan fingerprint density at radius 3 is 2.48 bits per heavy atom. The van der Waals surface area contributed by atoms with Crippen LogP contribution in [0.25, 0.3) is 5.69 Å². The highest BCUT2D eigenvalue weighted by Gasteiger charge is 2.25. The second-order valence-electron chi connectivity index (χ2n) is 8.51. The van der Waals surface area contributed by atoms with Crippen molar-refractivity contribution in [1.29, 1.82) is 0 Å². The van der Waals surface area contributed by atoms with Gasteiger partial charge in [-0.25, -0.2) is 9.59 Å². The summed E-state index contributed by atoms with van der Waals surface area (Å²) in [6, 6.07) is 9.63. The molecule has 2 aliphatic rings. The van der Waals surface area contributed by atoms with Crippen LogP contribution >= 0.6 is 0 Å². The smallest absolute Gasteiger partial charge is 0.330 e. The molecule has 0 unspecified atom stereocenters. The van der Waals surface area contributed by atoms with Crippen molar-refractivity contribution in [2.24, 2.45) is 17.4 Å². The van der Waals surface area contributed by atoms with E-state index < -0.39 is 5.69 Å². The molecule has 2 amide bonds. The van der Waals surface area contributed by atoms with Crippen LogP contribution in [0, 0.1) is 5.92 Å². The summed E-state index contributed by atoms with van der Waals surface area (Å²) >= 11 is 0. The van der Waals surface area contributed by atoms with Crippen molar-refractivity contribution < 1.29 is 4.79 Å². The molecule has 9 heteroatoms. The van der Waals surface area contributed by atoms with E-state index in [0.717, 1.165) is 44.6 Å². The Kier molecular flexibility index (Phi) is 6.64. The van der Waals surface area contributed by atoms with Gasteiger partial charge in [-0.05, 0) is 68.6 Å². The Hall–Kier alpha value is -2.75. The van der Waals surface area contributed by atoms with Crippen molar-refractivity contribution in [3.63, 3.8) is 0 Å². The quantitative estimate of drug-likeness (QED) is 0.656. The van der Waals surface area contributed by atoms with Gasteiger partial charge < -0.3 is 16.4 Å². The first-order valence-corrected chi connectivity index (χ1v) is 10.9. The molecule has 0 saturated carbocycles. The summed E-state index contributed by atoms with van der Waals surface area (Å²) in [5, 5.41) is 2.71. The normalized spacial score (nSPS) is 20.2. The Bertz CT molecular complexity index is 951. The number of nitrogens with two attached hydrogens (primary N) is 2. The molecule has 1 aromatic carbocycles. The maximum atomic E-state index is 12.5. The maximum Gasteiger partial charge on any atom is 0.354 e. The number of aromatic nitrogens is 2. The van der Waals surface area contributed by atoms with Crippen LogP contribution in [0.1, 0.15) is 24.8 Å². The molecule has 2 fully saturated rings. The van der Waals surface area contributed by atoms with Crippen molar-refractivity contribution in [2.45, 2.75) is 31.8 Å². The summed E-state index contributed by atoms with van der Waals surface area (Å²) in [6.07, 6.45) is 4.61. The number of nitrogens with one attached hydrogen (secondary N) is 1. The van der Waals surface area contributed by atoms with Crippen LogP contribution in [0.15, 0.2) is 41.3 Å². The van der Waals surface area contributed by atoms with Crippen LogP contribution in [0.3, 0.4) is 0 Å². The van der Waals surface area contributed by atoms with Gasteiger partial charge in [0.15, 0.2) is 0 Å². The number of carbonyl (C=O) groups excluding carboxylic acids is 1. The highest BCUT2D eigenvalue weighted by Crippen LogP contribution is 2.17. The lowest BCUT2D eigenvalue weighted by atomic mass is 10.1. The van der Waals surface area contributed by atoms with Gasteiger partial charge in [-0.2, -0.15) is 4.98 Å². The zero-order valence-corrected chi connectivity index (χ0v) is 17.7. The minimum atomic E-state index is -0.433. The first kappa shape index (κ1) is 21.5. The molecule has 1 atom stereocenters. The molecule has 0 radical (unpaired) electrons. The summed E-state index contributed by atoms with van der Waals surface area (Å²) in [7, 11) is 0. The van der Waals surface area contributed by atoms with Crippen molar-refractivity contribution in [3.05, 3.63) is 52.6 Å². The second kappa shape index (κ2) is 9.59. The SMILES string of the molecule is NC[C@H]1CCN(C(=O)Nc2ccn(-c3ccc(CN4CCC(N)CC4)cc3)c(=O)n2)C1. The van der Waals surface area contributed by atoms with Gasteiger partial charge in [-0.3, -0.25) is 14.8 Å². The van der Waals surface area contributed by atoms with E-state index in [0.29, 0.717) is 31.6 Å². The van der Waals surface area contributed by atoms with Crippen molar-refractivity contribution in [2.75, 3.05) is 38.0 Å². The number of amides is 2. The minimum Gasteiger partial charge on any atom is -0.330 e. The number of benzene rings is 1. The van der Waals surface area contributed by atoms with Crippen molar-refractivity contribution >= 4 is 11.8 Å². The van der Waals surface area contributed by atoms with Gasteiger partial charge in [0, 0.05) is 31.9 Å². The number of hydrogen-bond donors (Lipinski definition) is 3. The molecular weight excluding hydrogens is 394 g/mol. The van der Waals surface area contributed by atoms with E-state index in [1.54, 1.807) is 17.2 Å². The Morgan fingerprint density at radius 2 is 1.84 bits per heavy atom. The summed E-state index contributed by atoms with van der Waals surface area (Å²) in [5.74, 6) is 0.588. The fourth-order valence-electron chi connectivity index (χ4n) is 4.20. The molecule has 2 saturated heterocycles. The molecule has 2 aromatic rings. The van der Waals surface area contributed by atoms with Gasteiger partial charge in [-0.1, -0.05) is 12.1 Å². The minimum absolute atomic E-state index is 0.247. The number of piperidine rings is 1. The van der Waals surface area contributed by atoms with Crippen LogP contribution in [-0.4, -0.2) is 64.1 Å². The van der Waals surface area contributed by atoms with Crippen molar-refractivity contribution in [3.8, 4) is 5.69 Å². The second-order valence-corrected chi connectivity index (χ2v) is 8.51. The number of likely N-dealkylation sites (tertiary alicyclic amines) is 2. The third-order valence-electron chi connectivity index (χ3n) is 6.20. The lowest BCUT2D eigenvalue weighted by Gasteiger charge is -2.30. The lowest BCUT2D eigenvalue weighted by molar-refractivity contribution is 0.205. The van der Waals surface area contributed by atoms with Gasteiger partial charge in [-0.15, -0.1) is 0 Å². The predicted octanol–water partition coefficient (Wildman–Crippen LogP) is 0.968. The molecule has 1 aromatic heterocycles. The standard InChI is InChI=1S/C22H31N7O2/c23-13-17-5-11-28(15-17)21(30)25-20-8-12-29(22(31)26-20)19-3-1-16(2-4-19)14-27-9-6-18(24)7-10-27/h1-4,8,12,17-18H,5-7,9-11,13-15,23-24H2,(H,25,26,30,31)/t17-/m1/s1. The van der Waals surface area contributed by atoms with E-state index in [1.807, 2.05) is 24.3 Å². The van der Waals surface area contributed by atoms with Crippen LogP contribution < -0.4 is 22.5 Å². The third kappa shape index (κ3) is 5.30. The number of rotatable bonds is 5. The Balaban J connectivity index is 1.37. The molecular formula is C22H31N7O2. The van der Waals surface area contributed by atoms with Crippen LogP contribution in [0.4, 0.5) is 10.6 Å². The molecule has 166 valence electrons. The fraction of sp³-hybridized carbons (Fsp3) is 0.500. The molecule has 0 spiro atoms. The van der Waals surface area contributed by atoms with E-state index in [-0.39, 0.29) is 11.8 Å². The molecule has 31 heavy (non-hydrogen) atoms. The molecule has 4 rings (SSSR count). The summed E-state index contributed by atoms with van der Waals surface area (Å²) < 4.78 is 1.47. The monoisotopic (exact) mass is 425 g/mol. The number of urea groups is 1. The van der Waals surface area contributed by atoms with Gasteiger partial charge in [0.2, 0.25) is 0 Å². The number of anilines is 1. The van der Waals surface area contributed by atoms with Gasteiger partial charge in [0.25, 0.3) is 0 Å². The van der Waals surface area contributed by atoms with E-state index >= 15 is 0 Å². The molecule has 3 heterocycles. The zero-order chi connectivity index (χ0) is 21.8. The molecule has 0 aliphatic carbocycles. The van der Waals surface area contributed by atoms with E-state index in [9.17, 15) is 9.59 Å². The van der Waals surface area contributed by atoms with Crippen LogP contribution in [-0.2, 0) is 6.54 Å². The largest absolute Gasteiger partial charge is 0.354 e. The van der Waals surface area contributed by atoms with Gasteiger partial charge in [0.1, 0.15) is 5.82 Å². The summed E-state index contributed by atoms with van der Waals surface area (Å²) in [5.41, 5.74) is 13.2. The summed E-state index contributed by atoms with van der Waals surface area (Å²) in [6.45, 7) is 4.79. The average Bonchev–Trinajstić information content (AvgIpc) is 3.26. The Labute approximate surface area is 182 Å². The highest BCUT2D eigenvalue weighted by molar-refractivity contribution is 5.88. The molecule has 9 nitrogen and oxygen atoms in total. The van der Waals surface area contributed by atoms with Gasteiger partial charge >= 0.3 is 11.7 Å². The fourth-order valence-corrected chi connectivity index (χ4v) is 4.20. The predicted molar refractivity (Wildman–Crippen MR) is 120 cm³/mol. The lowest BCUT2D eigenvalue weighted by Crippen LogP contribution is -2.39. The maximum absolute atomic E-state index is 12.5. The number of hydrogen-bond acceptors (Lipinski definition) is 6. The topological polar surface area (TPSA) is 123 Å².